The van der Waals surface area contributed by atoms with Crippen LogP contribution in [0.4, 0.5) is 0 Å². The van der Waals surface area contributed by atoms with Gasteiger partial charge in [-0.25, -0.2) is 0 Å². The third kappa shape index (κ3) is 5.06. The van der Waals surface area contributed by atoms with Gasteiger partial charge in [0.25, 0.3) is 5.91 Å². The van der Waals surface area contributed by atoms with Crippen LogP contribution >= 0.6 is 35.0 Å². The normalized spacial score (nSPS) is 12.2. The SMILES string of the molecule is CSCCC(CO)NC(=O)c1cc(Cl)cc(Cl)c1. The number of halogens is 2. The van der Waals surface area contributed by atoms with Crippen LogP contribution < -0.4 is 5.32 Å². The van der Waals surface area contributed by atoms with Crippen molar-refractivity contribution in [1.29, 1.82) is 0 Å². The first-order valence-electron chi connectivity index (χ1n) is 5.43. The highest BCUT2D eigenvalue weighted by molar-refractivity contribution is 7.98. The zero-order chi connectivity index (χ0) is 13.5. The van der Waals surface area contributed by atoms with E-state index < -0.39 is 0 Å². The van der Waals surface area contributed by atoms with Crippen molar-refractivity contribution in [3.63, 3.8) is 0 Å². The molecule has 0 saturated heterocycles. The van der Waals surface area contributed by atoms with Crippen molar-refractivity contribution in [3.8, 4) is 0 Å². The summed E-state index contributed by atoms with van der Waals surface area (Å²) in [5, 5.41) is 12.8. The van der Waals surface area contributed by atoms with Crippen molar-refractivity contribution in [1.82, 2.24) is 5.32 Å². The summed E-state index contributed by atoms with van der Waals surface area (Å²) in [4.78, 5) is 11.9. The van der Waals surface area contributed by atoms with E-state index in [2.05, 4.69) is 5.32 Å². The van der Waals surface area contributed by atoms with Crippen LogP contribution in [0.5, 0.6) is 0 Å². The second-order valence-electron chi connectivity index (χ2n) is 3.79. The summed E-state index contributed by atoms with van der Waals surface area (Å²) in [5.74, 6) is 0.599. The molecule has 0 spiro atoms. The molecule has 1 amide bonds. The molecular weight excluding hydrogens is 293 g/mol. The van der Waals surface area contributed by atoms with E-state index in [1.165, 1.54) is 0 Å². The molecule has 0 aliphatic heterocycles. The summed E-state index contributed by atoms with van der Waals surface area (Å²) in [7, 11) is 0. The Hall–Kier alpha value is -0.420. The molecule has 6 heteroatoms. The lowest BCUT2D eigenvalue weighted by atomic mass is 10.2. The van der Waals surface area contributed by atoms with Crippen molar-refractivity contribution in [2.75, 3.05) is 18.6 Å². The van der Waals surface area contributed by atoms with E-state index >= 15 is 0 Å². The molecule has 1 atom stereocenters. The van der Waals surface area contributed by atoms with Gasteiger partial charge in [0.1, 0.15) is 0 Å². The molecule has 0 saturated carbocycles. The fourth-order valence-corrected chi connectivity index (χ4v) is 2.47. The number of hydrogen-bond donors (Lipinski definition) is 2. The third-order valence-corrected chi connectivity index (χ3v) is 3.43. The van der Waals surface area contributed by atoms with Crippen molar-refractivity contribution < 1.29 is 9.90 Å². The fourth-order valence-electron chi connectivity index (χ4n) is 1.42. The van der Waals surface area contributed by atoms with E-state index in [1.807, 2.05) is 6.26 Å². The molecule has 0 radical (unpaired) electrons. The Balaban J connectivity index is 2.68. The zero-order valence-electron chi connectivity index (χ0n) is 9.95. The Morgan fingerprint density at radius 3 is 2.50 bits per heavy atom. The molecule has 1 unspecified atom stereocenters. The van der Waals surface area contributed by atoms with Crippen LogP contribution in [-0.4, -0.2) is 35.7 Å². The molecule has 100 valence electrons. The largest absolute Gasteiger partial charge is 0.394 e. The van der Waals surface area contributed by atoms with E-state index in [4.69, 9.17) is 23.2 Å². The Labute approximate surface area is 121 Å². The number of hydrogen-bond acceptors (Lipinski definition) is 3. The minimum absolute atomic E-state index is 0.0827. The Bertz CT molecular complexity index is 395. The molecule has 1 rings (SSSR count). The predicted octanol–water partition coefficient (Wildman–Crippen LogP) is 2.84. The first-order valence-corrected chi connectivity index (χ1v) is 7.58. The average Bonchev–Trinajstić information content (AvgIpc) is 2.32. The summed E-state index contributed by atoms with van der Waals surface area (Å²) in [6.45, 7) is -0.0827. The quantitative estimate of drug-likeness (QED) is 0.849. The number of aliphatic hydroxyl groups excluding tert-OH is 1. The van der Waals surface area contributed by atoms with Gasteiger partial charge in [-0.2, -0.15) is 11.8 Å². The maximum Gasteiger partial charge on any atom is 0.251 e. The Morgan fingerprint density at radius 2 is 2.00 bits per heavy atom. The minimum Gasteiger partial charge on any atom is -0.394 e. The highest BCUT2D eigenvalue weighted by atomic mass is 35.5. The molecule has 2 N–H and O–H groups in total. The van der Waals surface area contributed by atoms with Crippen LogP contribution in [0.3, 0.4) is 0 Å². The van der Waals surface area contributed by atoms with Crippen molar-refractivity contribution >= 4 is 40.9 Å². The first kappa shape index (κ1) is 15.6. The molecule has 0 bridgehead atoms. The molecule has 1 aromatic carbocycles. The van der Waals surface area contributed by atoms with Gasteiger partial charge in [0.2, 0.25) is 0 Å². The molecule has 18 heavy (non-hydrogen) atoms. The van der Waals surface area contributed by atoms with Gasteiger partial charge in [-0.15, -0.1) is 0 Å². The van der Waals surface area contributed by atoms with Crippen LogP contribution in [0, 0.1) is 0 Å². The number of amides is 1. The van der Waals surface area contributed by atoms with Crippen molar-refractivity contribution in [2.24, 2.45) is 0 Å². The second-order valence-corrected chi connectivity index (χ2v) is 5.65. The van der Waals surface area contributed by atoms with Gasteiger partial charge in [-0.1, -0.05) is 23.2 Å². The second kappa shape index (κ2) is 7.89. The summed E-state index contributed by atoms with van der Waals surface area (Å²) in [5.41, 5.74) is 0.398. The van der Waals surface area contributed by atoms with Crippen molar-refractivity contribution in [3.05, 3.63) is 33.8 Å². The standard InChI is InChI=1S/C12H15Cl2NO2S/c1-18-3-2-11(7-16)15-12(17)8-4-9(13)6-10(14)5-8/h4-6,11,16H,2-3,7H2,1H3,(H,15,17). The molecule has 0 fully saturated rings. The highest BCUT2D eigenvalue weighted by Gasteiger charge is 2.13. The van der Waals surface area contributed by atoms with Gasteiger partial charge >= 0.3 is 0 Å². The van der Waals surface area contributed by atoms with Gasteiger partial charge in [-0.3, -0.25) is 4.79 Å². The predicted molar refractivity (Wildman–Crippen MR) is 77.8 cm³/mol. The Kier molecular flexibility index (Phi) is 6.86. The highest BCUT2D eigenvalue weighted by Crippen LogP contribution is 2.19. The van der Waals surface area contributed by atoms with Gasteiger partial charge in [0.05, 0.1) is 12.6 Å². The maximum atomic E-state index is 11.9. The van der Waals surface area contributed by atoms with Gasteiger partial charge in [0, 0.05) is 15.6 Å². The van der Waals surface area contributed by atoms with Crippen LogP contribution in [0.15, 0.2) is 18.2 Å². The molecule has 3 nitrogen and oxygen atoms in total. The number of benzene rings is 1. The van der Waals surface area contributed by atoms with Crippen LogP contribution in [0.2, 0.25) is 10.0 Å². The maximum absolute atomic E-state index is 11.9. The zero-order valence-corrected chi connectivity index (χ0v) is 12.3. The first-order chi connectivity index (χ1) is 8.56. The molecule has 0 heterocycles. The van der Waals surface area contributed by atoms with Crippen LogP contribution in [0.25, 0.3) is 0 Å². The van der Waals surface area contributed by atoms with Crippen molar-refractivity contribution in [2.45, 2.75) is 12.5 Å². The lowest BCUT2D eigenvalue weighted by Crippen LogP contribution is -2.37. The average molecular weight is 308 g/mol. The summed E-state index contributed by atoms with van der Waals surface area (Å²) in [6.07, 6.45) is 2.70. The molecule has 0 aliphatic carbocycles. The number of carbonyl (C=O) groups is 1. The lowest BCUT2D eigenvalue weighted by Gasteiger charge is -2.15. The van der Waals surface area contributed by atoms with Gasteiger partial charge in [-0.05, 0) is 36.6 Å². The molecule has 1 aromatic rings. The smallest absolute Gasteiger partial charge is 0.251 e. The molecular formula is C12H15Cl2NO2S. The number of rotatable bonds is 6. The lowest BCUT2D eigenvalue weighted by molar-refractivity contribution is 0.0915. The van der Waals surface area contributed by atoms with Gasteiger partial charge < -0.3 is 10.4 Å². The molecule has 0 aromatic heterocycles. The number of carbonyl (C=O) groups excluding carboxylic acids is 1. The summed E-state index contributed by atoms with van der Waals surface area (Å²) in [6, 6.07) is 4.41. The van der Waals surface area contributed by atoms with Crippen LogP contribution in [-0.2, 0) is 0 Å². The number of thioether (sulfide) groups is 1. The van der Waals surface area contributed by atoms with E-state index in [9.17, 15) is 9.90 Å². The van der Waals surface area contributed by atoms with E-state index in [0.29, 0.717) is 15.6 Å². The van der Waals surface area contributed by atoms with E-state index in [-0.39, 0.29) is 18.6 Å². The molecule has 0 aliphatic rings. The fraction of sp³-hybridized carbons (Fsp3) is 0.417. The van der Waals surface area contributed by atoms with Crippen LogP contribution in [0.1, 0.15) is 16.8 Å². The Morgan fingerprint density at radius 1 is 1.39 bits per heavy atom. The third-order valence-electron chi connectivity index (χ3n) is 2.35. The number of nitrogens with one attached hydrogen (secondary N) is 1. The summed E-state index contributed by atoms with van der Waals surface area (Å²) < 4.78 is 0. The monoisotopic (exact) mass is 307 g/mol. The number of aliphatic hydroxyl groups is 1. The van der Waals surface area contributed by atoms with E-state index in [1.54, 1.807) is 30.0 Å². The topological polar surface area (TPSA) is 49.3 Å². The minimum atomic E-state index is -0.278. The summed E-state index contributed by atoms with van der Waals surface area (Å²) >= 11 is 13.3. The van der Waals surface area contributed by atoms with E-state index in [0.717, 1.165) is 12.2 Å². The van der Waals surface area contributed by atoms with Gasteiger partial charge in [0.15, 0.2) is 0 Å².